The van der Waals surface area contributed by atoms with Crippen LogP contribution in [0.15, 0.2) is 29.3 Å². The van der Waals surface area contributed by atoms with Gasteiger partial charge in [0.15, 0.2) is 5.96 Å². The highest BCUT2D eigenvalue weighted by Crippen LogP contribution is 2.19. The first-order valence-corrected chi connectivity index (χ1v) is 9.52. The molecule has 1 aromatic rings. The Morgan fingerprint density at radius 2 is 2.31 bits per heavy atom. The monoisotopic (exact) mass is 360 g/mol. The number of nitrogens with one attached hydrogen (secondary N) is 1. The summed E-state index contributed by atoms with van der Waals surface area (Å²) in [6.45, 7) is 9.30. The maximum Gasteiger partial charge on any atom is 0.217 e. The van der Waals surface area contributed by atoms with Gasteiger partial charge in [0, 0.05) is 26.1 Å². The van der Waals surface area contributed by atoms with Crippen LogP contribution in [0.25, 0.3) is 0 Å². The zero-order valence-electron chi connectivity index (χ0n) is 16.2. The van der Waals surface area contributed by atoms with Crippen LogP contribution < -0.4 is 15.8 Å². The molecule has 0 radical (unpaired) electrons. The number of hydrogen-bond donors (Lipinski definition) is 2. The number of guanidine groups is 1. The number of benzene rings is 1. The zero-order valence-corrected chi connectivity index (χ0v) is 16.2. The van der Waals surface area contributed by atoms with Gasteiger partial charge in [-0.05, 0) is 57.2 Å². The first kappa shape index (κ1) is 20.1. The largest absolute Gasteiger partial charge is 0.489 e. The van der Waals surface area contributed by atoms with Gasteiger partial charge in [0.25, 0.3) is 0 Å². The predicted molar refractivity (Wildman–Crippen MR) is 105 cm³/mol. The second-order valence-electron chi connectivity index (χ2n) is 7.06. The molecule has 6 heteroatoms. The molecule has 2 rings (SSSR count). The Bertz CT molecular complexity index is 618. The smallest absolute Gasteiger partial charge is 0.217 e. The molecule has 1 aromatic carbocycles. The fourth-order valence-electron chi connectivity index (χ4n) is 3.31. The van der Waals surface area contributed by atoms with Gasteiger partial charge in [0.05, 0.1) is 6.54 Å². The van der Waals surface area contributed by atoms with Gasteiger partial charge in [-0.3, -0.25) is 4.79 Å². The summed E-state index contributed by atoms with van der Waals surface area (Å²) in [5.74, 6) is 1.85. The first-order chi connectivity index (χ1) is 12.5. The van der Waals surface area contributed by atoms with Crippen LogP contribution >= 0.6 is 0 Å². The fourth-order valence-corrected chi connectivity index (χ4v) is 3.31. The molecule has 1 heterocycles. The minimum atomic E-state index is -0.223. The Labute approximate surface area is 156 Å². The molecule has 0 aliphatic carbocycles. The van der Waals surface area contributed by atoms with Crippen LogP contribution in [0.3, 0.4) is 0 Å². The van der Waals surface area contributed by atoms with Crippen LogP contribution in [0.2, 0.25) is 0 Å². The molecule has 26 heavy (non-hydrogen) atoms. The minimum absolute atomic E-state index is 0.0170. The number of aryl methyl sites for hydroxylation is 1. The number of rotatable bonds is 7. The van der Waals surface area contributed by atoms with E-state index in [-0.39, 0.29) is 12.0 Å². The highest BCUT2D eigenvalue weighted by atomic mass is 16.5. The molecule has 0 spiro atoms. The number of hydrogen-bond acceptors (Lipinski definition) is 3. The molecule has 6 nitrogen and oxygen atoms in total. The number of amides is 1. The summed E-state index contributed by atoms with van der Waals surface area (Å²) >= 11 is 0. The maximum absolute atomic E-state index is 11.2. The molecular formula is C20H32N4O2. The number of aliphatic imine (C=N–C) groups is 1. The average Bonchev–Trinajstić information content (AvgIpc) is 2.58. The van der Waals surface area contributed by atoms with Gasteiger partial charge in [0.1, 0.15) is 11.9 Å². The number of ether oxygens (including phenoxy) is 1. The van der Waals surface area contributed by atoms with Gasteiger partial charge in [-0.2, -0.15) is 0 Å². The van der Waals surface area contributed by atoms with E-state index in [1.807, 2.05) is 25.1 Å². The molecule has 2 unspecified atom stereocenters. The van der Waals surface area contributed by atoms with Crippen molar-refractivity contribution in [2.24, 2.45) is 16.6 Å². The molecule has 144 valence electrons. The topological polar surface area (TPSA) is 80.0 Å². The summed E-state index contributed by atoms with van der Waals surface area (Å²) in [6.07, 6.45) is 2.53. The van der Waals surface area contributed by atoms with Crippen LogP contribution in [0.5, 0.6) is 5.75 Å². The summed E-state index contributed by atoms with van der Waals surface area (Å²) in [4.78, 5) is 18.2. The summed E-state index contributed by atoms with van der Waals surface area (Å²) in [5.41, 5.74) is 6.55. The van der Waals surface area contributed by atoms with Crippen molar-refractivity contribution >= 4 is 11.9 Å². The number of primary amides is 1. The van der Waals surface area contributed by atoms with E-state index in [9.17, 15) is 4.79 Å². The standard InChI is InChI=1S/C20H32N4O2/c1-4-22-20(24-10-6-8-17(14-24)12-19(21)25)23-13-16(3)26-18-9-5-7-15(2)11-18/h5,7,9,11,16-17H,4,6,8,10,12-14H2,1-3H3,(H2,21,25)(H,22,23). The fraction of sp³-hybridized carbons (Fsp3) is 0.600. The van der Waals surface area contributed by atoms with Crippen molar-refractivity contribution in [3.05, 3.63) is 29.8 Å². The van der Waals surface area contributed by atoms with E-state index in [4.69, 9.17) is 15.5 Å². The van der Waals surface area contributed by atoms with Gasteiger partial charge >= 0.3 is 0 Å². The summed E-state index contributed by atoms with van der Waals surface area (Å²) in [7, 11) is 0. The number of likely N-dealkylation sites (tertiary alicyclic amines) is 1. The molecule has 3 N–H and O–H groups in total. The van der Waals surface area contributed by atoms with Crippen molar-refractivity contribution < 1.29 is 9.53 Å². The van der Waals surface area contributed by atoms with E-state index in [0.717, 1.165) is 44.2 Å². The van der Waals surface area contributed by atoms with Crippen LogP contribution in [-0.2, 0) is 4.79 Å². The lowest BCUT2D eigenvalue weighted by Gasteiger charge is -2.34. The Morgan fingerprint density at radius 3 is 3.00 bits per heavy atom. The molecule has 1 aliphatic heterocycles. The molecule has 0 aromatic heterocycles. The molecule has 1 amide bonds. The third-order valence-corrected chi connectivity index (χ3v) is 4.47. The average molecular weight is 361 g/mol. The second kappa shape index (κ2) is 10.0. The van der Waals surface area contributed by atoms with Crippen LogP contribution in [-0.4, -0.2) is 49.0 Å². The van der Waals surface area contributed by atoms with Crippen molar-refractivity contribution in [1.82, 2.24) is 10.2 Å². The lowest BCUT2D eigenvalue weighted by atomic mass is 9.95. The predicted octanol–water partition coefficient (Wildman–Crippen LogP) is 2.32. The number of carbonyl (C=O) groups excluding carboxylic acids is 1. The van der Waals surface area contributed by atoms with E-state index in [0.29, 0.717) is 18.9 Å². The third kappa shape index (κ3) is 6.58. The Hall–Kier alpha value is -2.24. The van der Waals surface area contributed by atoms with E-state index >= 15 is 0 Å². The van der Waals surface area contributed by atoms with E-state index < -0.39 is 0 Å². The van der Waals surface area contributed by atoms with Gasteiger partial charge in [-0.15, -0.1) is 0 Å². The van der Waals surface area contributed by atoms with Crippen LogP contribution in [0.1, 0.15) is 38.7 Å². The van der Waals surface area contributed by atoms with Gasteiger partial charge in [-0.1, -0.05) is 12.1 Å². The lowest BCUT2D eigenvalue weighted by Crippen LogP contribution is -2.47. The Morgan fingerprint density at radius 1 is 1.50 bits per heavy atom. The van der Waals surface area contributed by atoms with E-state index in [2.05, 4.69) is 30.1 Å². The maximum atomic E-state index is 11.2. The Balaban J connectivity index is 1.95. The minimum Gasteiger partial charge on any atom is -0.489 e. The quantitative estimate of drug-likeness (QED) is 0.578. The van der Waals surface area contributed by atoms with Crippen LogP contribution in [0, 0.1) is 12.8 Å². The molecule has 1 fully saturated rings. The highest BCUT2D eigenvalue weighted by Gasteiger charge is 2.23. The molecule has 2 atom stereocenters. The number of piperidine rings is 1. The Kier molecular flexibility index (Phi) is 7.75. The molecule has 0 saturated carbocycles. The summed E-state index contributed by atoms with van der Waals surface area (Å²) in [5, 5.41) is 3.36. The molecule has 0 bridgehead atoms. The number of nitrogens with two attached hydrogens (primary N) is 1. The zero-order chi connectivity index (χ0) is 18.9. The van der Waals surface area contributed by atoms with Crippen LogP contribution in [0.4, 0.5) is 0 Å². The second-order valence-corrected chi connectivity index (χ2v) is 7.06. The summed E-state index contributed by atoms with van der Waals surface area (Å²) < 4.78 is 5.97. The van der Waals surface area contributed by atoms with Gasteiger partial charge in [-0.25, -0.2) is 4.99 Å². The van der Waals surface area contributed by atoms with Crippen molar-refractivity contribution in [3.63, 3.8) is 0 Å². The molecular weight excluding hydrogens is 328 g/mol. The van der Waals surface area contributed by atoms with E-state index in [1.165, 1.54) is 5.56 Å². The third-order valence-electron chi connectivity index (χ3n) is 4.47. The van der Waals surface area contributed by atoms with Gasteiger partial charge in [0.2, 0.25) is 5.91 Å². The first-order valence-electron chi connectivity index (χ1n) is 9.52. The number of carbonyl (C=O) groups is 1. The van der Waals surface area contributed by atoms with Crippen molar-refractivity contribution in [2.45, 2.75) is 46.1 Å². The molecule has 1 aliphatic rings. The van der Waals surface area contributed by atoms with Gasteiger partial charge < -0.3 is 20.7 Å². The lowest BCUT2D eigenvalue weighted by molar-refractivity contribution is -0.119. The summed E-state index contributed by atoms with van der Waals surface area (Å²) in [6, 6.07) is 8.05. The van der Waals surface area contributed by atoms with Crippen molar-refractivity contribution in [1.29, 1.82) is 0 Å². The van der Waals surface area contributed by atoms with Crippen molar-refractivity contribution in [3.8, 4) is 5.75 Å². The highest BCUT2D eigenvalue weighted by molar-refractivity contribution is 5.80. The molecule has 1 saturated heterocycles. The SMILES string of the molecule is CCNC(=NCC(C)Oc1cccc(C)c1)N1CCCC(CC(N)=O)C1. The van der Waals surface area contributed by atoms with Crippen molar-refractivity contribution in [2.75, 3.05) is 26.2 Å². The van der Waals surface area contributed by atoms with E-state index in [1.54, 1.807) is 0 Å². The number of nitrogens with zero attached hydrogens (tertiary/aromatic N) is 2. The normalized spacial score (nSPS) is 19.1.